The van der Waals surface area contributed by atoms with Gasteiger partial charge in [0.1, 0.15) is 0 Å². The van der Waals surface area contributed by atoms with Gasteiger partial charge in [-0.2, -0.15) is 0 Å². The van der Waals surface area contributed by atoms with Crippen molar-refractivity contribution in [3.05, 3.63) is 70.3 Å². The van der Waals surface area contributed by atoms with E-state index in [0.29, 0.717) is 27.9 Å². The van der Waals surface area contributed by atoms with Crippen LogP contribution in [0, 0.1) is 0 Å². The molecule has 0 heterocycles. The normalized spacial score (nSPS) is 13.3. The van der Waals surface area contributed by atoms with Gasteiger partial charge in [0.25, 0.3) is 11.8 Å². The molecule has 1 fully saturated rings. The molecule has 1 aliphatic carbocycles. The number of carbonyl (C=O) groups is 3. The van der Waals surface area contributed by atoms with Crippen LogP contribution in [0.2, 0.25) is 5.02 Å². The maximum Gasteiger partial charge on any atom is 0.251 e. The van der Waals surface area contributed by atoms with Crippen LogP contribution < -0.4 is 16.0 Å². The van der Waals surface area contributed by atoms with E-state index >= 15 is 0 Å². The number of halogens is 1. The monoisotopic (exact) mass is 425 g/mol. The minimum absolute atomic E-state index is 0.000299. The number of hydrogen-bond donors (Lipinski definition) is 3. The van der Waals surface area contributed by atoms with Gasteiger partial charge in [-0.3, -0.25) is 14.4 Å². The lowest BCUT2D eigenvalue weighted by atomic mass is 10.1. The second-order valence-corrected chi connectivity index (χ2v) is 7.92. The third kappa shape index (κ3) is 6.19. The van der Waals surface area contributed by atoms with E-state index < -0.39 is 0 Å². The molecule has 2 aromatic carbocycles. The molecule has 0 radical (unpaired) electrons. The first-order valence-corrected chi connectivity index (χ1v) is 10.2. The molecule has 1 saturated carbocycles. The van der Waals surface area contributed by atoms with E-state index in [-0.39, 0.29) is 23.8 Å². The standard InChI is InChI=1S/C23H24ClN3O3/c1-14(2)25-23(30)17-8-11-19(24)20(13-17)27-21(28)12-5-15-3-6-16(7-4-15)22(29)26-18-9-10-18/h3-8,11-14,18H,9-10H2,1-2H3,(H,25,30)(H,26,29)(H,27,28)/b12-5+. The SMILES string of the molecule is CC(C)NC(=O)c1ccc(Cl)c(NC(=O)/C=C/c2ccc(C(=O)NC3CC3)cc2)c1. The Labute approximate surface area is 180 Å². The topological polar surface area (TPSA) is 87.3 Å². The quantitative estimate of drug-likeness (QED) is 0.585. The van der Waals surface area contributed by atoms with Crippen molar-refractivity contribution < 1.29 is 14.4 Å². The highest BCUT2D eigenvalue weighted by atomic mass is 35.5. The number of amides is 3. The fraction of sp³-hybridized carbons (Fsp3) is 0.261. The van der Waals surface area contributed by atoms with Crippen molar-refractivity contribution in [2.45, 2.75) is 38.8 Å². The minimum Gasteiger partial charge on any atom is -0.350 e. The summed E-state index contributed by atoms with van der Waals surface area (Å²) < 4.78 is 0. The predicted molar refractivity (Wildman–Crippen MR) is 119 cm³/mol. The summed E-state index contributed by atoms with van der Waals surface area (Å²) in [4.78, 5) is 36.4. The first kappa shape index (κ1) is 21.6. The van der Waals surface area contributed by atoms with Gasteiger partial charge in [0.05, 0.1) is 10.7 Å². The molecule has 6 nitrogen and oxygen atoms in total. The van der Waals surface area contributed by atoms with Gasteiger partial charge in [-0.1, -0.05) is 23.7 Å². The molecule has 0 aliphatic heterocycles. The lowest BCUT2D eigenvalue weighted by Gasteiger charge is -2.11. The number of hydrogen-bond acceptors (Lipinski definition) is 3. The molecule has 1 aliphatic rings. The van der Waals surface area contributed by atoms with E-state index in [1.165, 1.54) is 6.08 Å². The summed E-state index contributed by atoms with van der Waals surface area (Å²) in [6.45, 7) is 3.74. The summed E-state index contributed by atoms with van der Waals surface area (Å²) in [5.74, 6) is -0.700. The third-order valence-corrected chi connectivity index (χ3v) is 4.75. The van der Waals surface area contributed by atoms with Gasteiger partial charge in [0, 0.05) is 29.3 Å². The van der Waals surface area contributed by atoms with Crippen molar-refractivity contribution in [2.75, 3.05) is 5.32 Å². The molecule has 0 atom stereocenters. The Kier molecular flexibility index (Phi) is 6.90. The van der Waals surface area contributed by atoms with Crippen molar-refractivity contribution in [2.24, 2.45) is 0 Å². The maximum atomic E-state index is 12.3. The van der Waals surface area contributed by atoms with Gasteiger partial charge in [-0.05, 0) is 68.7 Å². The highest BCUT2D eigenvalue weighted by Crippen LogP contribution is 2.23. The van der Waals surface area contributed by atoms with Crippen molar-refractivity contribution in [3.8, 4) is 0 Å². The summed E-state index contributed by atoms with van der Waals surface area (Å²) in [7, 11) is 0. The maximum absolute atomic E-state index is 12.3. The van der Waals surface area contributed by atoms with Gasteiger partial charge in [-0.15, -0.1) is 0 Å². The number of benzene rings is 2. The van der Waals surface area contributed by atoms with E-state index in [2.05, 4.69) is 16.0 Å². The highest BCUT2D eigenvalue weighted by molar-refractivity contribution is 6.34. The summed E-state index contributed by atoms with van der Waals surface area (Å²) >= 11 is 6.15. The van der Waals surface area contributed by atoms with Gasteiger partial charge in [-0.25, -0.2) is 0 Å². The van der Waals surface area contributed by atoms with E-state index in [9.17, 15) is 14.4 Å². The molecule has 156 valence electrons. The first-order valence-electron chi connectivity index (χ1n) is 9.82. The zero-order valence-corrected chi connectivity index (χ0v) is 17.6. The Morgan fingerprint density at radius 2 is 1.67 bits per heavy atom. The van der Waals surface area contributed by atoms with Gasteiger partial charge >= 0.3 is 0 Å². The van der Waals surface area contributed by atoms with Crippen LogP contribution in [0.4, 0.5) is 5.69 Å². The fourth-order valence-electron chi connectivity index (χ4n) is 2.70. The highest BCUT2D eigenvalue weighted by Gasteiger charge is 2.23. The molecular weight excluding hydrogens is 402 g/mol. The molecular formula is C23H24ClN3O3. The van der Waals surface area contributed by atoms with Crippen LogP contribution in [0.3, 0.4) is 0 Å². The smallest absolute Gasteiger partial charge is 0.251 e. The average molecular weight is 426 g/mol. The van der Waals surface area contributed by atoms with Crippen molar-refractivity contribution in [3.63, 3.8) is 0 Å². The number of rotatable bonds is 7. The summed E-state index contributed by atoms with van der Waals surface area (Å²) in [6.07, 6.45) is 5.09. The number of anilines is 1. The molecule has 3 N–H and O–H groups in total. The van der Waals surface area contributed by atoms with Crippen LogP contribution in [0.25, 0.3) is 6.08 Å². The Morgan fingerprint density at radius 3 is 2.30 bits per heavy atom. The number of carbonyl (C=O) groups excluding carboxylic acids is 3. The van der Waals surface area contributed by atoms with Crippen LogP contribution in [0.5, 0.6) is 0 Å². The Hall–Kier alpha value is -3.12. The average Bonchev–Trinajstić information content (AvgIpc) is 3.52. The summed E-state index contributed by atoms with van der Waals surface area (Å²) in [5, 5.41) is 8.75. The van der Waals surface area contributed by atoms with E-state index in [1.54, 1.807) is 48.5 Å². The second kappa shape index (κ2) is 9.59. The summed E-state index contributed by atoms with van der Waals surface area (Å²) in [5.41, 5.74) is 2.14. The first-order chi connectivity index (χ1) is 14.3. The lowest BCUT2D eigenvalue weighted by molar-refractivity contribution is -0.111. The molecule has 0 bridgehead atoms. The Balaban J connectivity index is 1.61. The van der Waals surface area contributed by atoms with Crippen LogP contribution in [-0.4, -0.2) is 29.8 Å². The molecule has 0 unspecified atom stereocenters. The van der Waals surface area contributed by atoms with Crippen molar-refractivity contribution in [1.29, 1.82) is 0 Å². The third-order valence-electron chi connectivity index (χ3n) is 4.42. The fourth-order valence-corrected chi connectivity index (χ4v) is 2.86. The van der Waals surface area contributed by atoms with Crippen LogP contribution in [0.1, 0.15) is 53.0 Å². The second-order valence-electron chi connectivity index (χ2n) is 7.52. The Morgan fingerprint density at radius 1 is 1.00 bits per heavy atom. The van der Waals surface area contributed by atoms with Crippen molar-refractivity contribution in [1.82, 2.24) is 10.6 Å². The van der Waals surface area contributed by atoms with Gasteiger partial charge in [0.15, 0.2) is 0 Å². The molecule has 0 saturated heterocycles. The predicted octanol–water partition coefficient (Wildman–Crippen LogP) is 4.02. The molecule has 0 spiro atoms. The van der Waals surface area contributed by atoms with E-state index in [1.807, 2.05) is 13.8 Å². The zero-order chi connectivity index (χ0) is 21.7. The van der Waals surface area contributed by atoms with Crippen LogP contribution in [0.15, 0.2) is 48.5 Å². The van der Waals surface area contributed by atoms with Gasteiger partial charge < -0.3 is 16.0 Å². The molecule has 3 amide bonds. The molecule has 7 heteroatoms. The lowest BCUT2D eigenvalue weighted by Crippen LogP contribution is -2.30. The molecule has 3 rings (SSSR count). The van der Waals surface area contributed by atoms with Gasteiger partial charge in [0.2, 0.25) is 5.91 Å². The van der Waals surface area contributed by atoms with E-state index in [0.717, 1.165) is 18.4 Å². The van der Waals surface area contributed by atoms with Crippen LogP contribution >= 0.6 is 11.6 Å². The van der Waals surface area contributed by atoms with E-state index in [4.69, 9.17) is 11.6 Å². The van der Waals surface area contributed by atoms with Crippen LogP contribution in [-0.2, 0) is 4.79 Å². The van der Waals surface area contributed by atoms with Crippen molar-refractivity contribution >= 4 is 41.1 Å². The minimum atomic E-state index is -0.381. The largest absolute Gasteiger partial charge is 0.350 e. The molecule has 30 heavy (non-hydrogen) atoms. The molecule has 2 aromatic rings. The zero-order valence-electron chi connectivity index (χ0n) is 16.9. The molecule has 0 aromatic heterocycles. The summed E-state index contributed by atoms with van der Waals surface area (Å²) in [6, 6.07) is 12.0. The number of nitrogens with one attached hydrogen (secondary N) is 3. The Bertz CT molecular complexity index is 980.